The topological polar surface area (TPSA) is 52.7 Å². The number of nitrogens with one attached hydrogen (secondary N) is 3. The van der Waals surface area contributed by atoms with Crippen LogP contribution in [0.5, 0.6) is 0 Å². The Balaban J connectivity index is 1.90. The number of rotatable bonds is 2. The molecule has 4 nitrogen and oxygen atoms in total. The van der Waals surface area contributed by atoms with Crippen molar-refractivity contribution in [2.45, 2.75) is 32.2 Å². The van der Waals surface area contributed by atoms with Crippen molar-refractivity contribution in [1.29, 1.82) is 0 Å². The predicted octanol–water partition coefficient (Wildman–Crippen LogP) is 3.64. The molecule has 0 aliphatic carbocycles. The number of hydrogen-bond acceptors (Lipinski definition) is 3. The minimum atomic E-state index is -1.15. The SMILES string of the molecule is [2H]c1c([2H])c(C2NC/C(=C/c3nc[nH]c3C(C)(C)C)NC2=C)c([2H])c([2H])c1F. The van der Waals surface area contributed by atoms with Crippen molar-refractivity contribution in [2.24, 2.45) is 0 Å². The minimum Gasteiger partial charge on any atom is -0.360 e. The average molecular weight is 330 g/mol. The van der Waals surface area contributed by atoms with E-state index in [0.717, 1.165) is 17.1 Å². The molecule has 1 unspecified atom stereocenters. The fraction of sp³-hybridized carbons (Fsp3) is 0.316. The third-order valence-electron chi connectivity index (χ3n) is 3.80. The highest BCUT2D eigenvalue weighted by molar-refractivity contribution is 5.54. The smallest absolute Gasteiger partial charge is 0.123 e. The first-order chi connectivity index (χ1) is 13.0. The number of piperazine rings is 1. The molecule has 3 rings (SSSR count). The van der Waals surface area contributed by atoms with E-state index in [9.17, 15) is 4.39 Å². The summed E-state index contributed by atoms with van der Waals surface area (Å²) in [4.78, 5) is 7.52. The maximum atomic E-state index is 13.8. The molecule has 1 fully saturated rings. The molecule has 0 amide bonds. The van der Waals surface area contributed by atoms with E-state index in [1.54, 1.807) is 6.33 Å². The number of imidazole rings is 1. The van der Waals surface area contributed by atoms with Crippen molar-refractivity contribution in [3.8, 4) is 0 Å². The molecule has 0 radical (unpaired) electrons. The Hall–Kier alpha value is -2.40. The van der Waals surface area contributed by atoms with Crippen molar-refractivity contribution in [3.63, 3.8) is 0 Å². The van der Waals surface area contributed by atoms with Gasteiger partial charge in [-0.1, -0.05) is 39.4 Å². The van der Waals surface area contributed by atoms with E-state index in [4.69, 9.17) is 5.48 Å². The number of hydrogen-bond donors (Lipinski definition) is 3. The van der Waals surface area contributed by atoms with Crippen LogP contribution in [0.25, 0.3) is 6.08 Å². The molecule has 0 spiro atoms. The Bertz CT molecular complexity index is 946. The molecule has 1 atom stereocenters. The molecular weight excluding hydrogens is 303 g/mol. The van der Waals surface area contributed by atoms with Crippen molar-refractivity contribution < 1.29 is 9.87 Å². The zero-order chi connectivity index (χ0) is 20.8. The van der Waals surface area contributed by atoms with Gasteiger partial charge in [0.25, 0.3) is 0 Å². The summed E-state index contributed by atoms with van der Waals surface area (Å²) in [6, 6.07) is -2.86. The van der Waals surface area contributed by atoms with E-state index in [0.29, 0.717) is 12.2 Å². The lowest BCUT2D eigenvalue weighted by Gasteiger charge is -2.30. The molecule has 5 heteroatoms. The summed E-state index contributed by atoms with van der Waals surface area (Å²) >= 11 is 0. The first-order valence-corrected chi connectivity index (χ1v) is 7.71. The van der Waals surface area contributed by atoms with Gasteiger partial charge in [-0.15, -0.1) is 0 Å². The van der Waals surface area contributed by atoms with E-state index in [1.807, 2.05) is 6.08 Å². The molecule has 2 heterocycles. The van der Waals surface area contributed by atoms with Gasteiger partial charge in [0, 0.05) is 29.0 Å². The molecule has 1 aliphatic heterocycles. The second kappa shape index (κ2) is 6.24. The van der Waals surface area contributed by atoms with Crippen molar-refractivity contribution in [3.05, 3.63) is 71.2 Å². The standard InChI is InChI=1S/C19H23FN4/c1-12-17(13-5-7-14(20)8-6-13)21-10-15(24-12)9-16-18(19(2,3)4)23-11-22-16/h5-9,11,17,21,24H,1,10H2,2-4H3,(H,22,23)/b15-9-/i5D,6D,7D,8D. The lowest BCUT2D eigenvalue weighted by Crippen LogP contribution is -2.39. The highest BCUT2D eigenvalue weighted by Gasteiger charge is 2.23. The molecule has 0 saturated carbocycles. The van der Waals surface area contributed by atoms with E-state index in [1.165, 1.54) is 0 Å². The van der Waals surface area contributed by atoms with Crippen LogP contribution in [0, 0.1) is 5.82 Å². The van der Waals surface area contributed by atoms with Gasteiger partial charge in [-0.25, -0.2) is 9.37 Å². The summed E-state index contributed by atoms with van der Waals surface area (Å²) in [6.45, 7) is 10.6. The molecule has 3 N–H and O–H groups in total. The van der Waals surface area contributed by atoms with Crippen LogP contribution in [0.4, 0.5) is 4.39 Å². The quantitative estimate of drug-likeness (QED) is 0.788. The number of aromatic nitrogens is 2. The predicted molar refractivity (Wildman–Crippen MR) is 94.7 cm³/mol. The Kier molecular flexibility index (Phi) is 3.13. The molecule has 1 aromatic heterocycles. The van der Waals surface area contributed by atoms with E-state index < -0.39 is 36.0 Å². The highest BCUT2D eigenvalue weighted by atomic mass is 19.1. The van der Waals surface area contributed by atoms with Gasteiger partial charge in [0.2, 0.25) is 0 Å². The molecule has 2 aromatic rings. The van der Waals surface area contributed by atoms with Crippen molar-refractivity contribution in [1.82, 2.24) is 20.6 Å². The summed E-state index contributed by atoms with van der Waals surface area (Å²) in [6.07, 6.45) is 3.54. The van der Waals surface area contributed by atoms with Crippen LogP contribution in [-0.4, -0.2) is 16.5 Å². The molecule has 24 heavy (non-hydrogen) atoms. The third kappa shape index (κ3) is 3.41. The lowest BCUT2D eigenvalue weighted by atomic mass is 9.90. The van der Waals surface area contributed by atoms with Crippen LogP contribution < -0.4 is 10.6 Å². The second-order valence-corrected chi connectivity index (χ2v) is 6.77. The largest absolute Gasteiger partial charge is 0.360 e. The number of nitrogens with zero attached hydrogens (tertiary/aromatic N) is 1. The maximum Gasteiger partial charge on any atom is 0.123 e. The normalized spacial score (nSPS) is 22.6. The van der Waals surface area contributed by atoms with Gasteiger partial charge in [0.15, 0.2) is 0 Å². The Labute approximate surface area is 147 Å². The van der Waals surface area contributed by atoms with Crippen molar-refractivity contribution in [2.75, 3.05) is 6.54 Å². The van der Waals surface area contributed by atoms with E-state index in [-0.39, 0.29) is 11.0 Å². The van der Waals surface area contributed by atoms with Gasteiger partial charge in [-0.3, -0.25) is 5.32 Å². The summed E-state index contributed by atoms with van der Waals surface area (Å²) in [5.41, 5.74) is 3.02. The molecule has 1 aliphatic rings. The minimum absolute atomic E-state index is 0.0723. The summed E-state index contributed by atoms with van der Waals surface area (Å²) < 4.78 is 45.3. The number of benzene rings is 1. The van der Waals surface area contributed by atoms with Crippen LogP contribution >= 0.6 is 0 Å². The summed E-state index contributed by atoms with van der Waals surface area (Å²) in [7, 11) is 0. The third-order valence-corrected chi connectivity index (χ3v) is 3.80. The average Bonchev–Trinajstić information content (AvgIpc) is 3.09. The van der Waals surface area contributed by atoms with E-state index in [2.05, 4.69) is 48.0 Å². The fourth-order valence-corrected chi connectivity index (χ4v) is 2.65. The van der Waals surface area contributed by atoms with Crippen LogP contribution in [-0.2, 0) is 5.41 Å². The zero-order valence-corrected chi connectivity index (χ0v) is 14.0. The van der Waals surface area contributed by atoms with Gasteiger partial charge < -0.3 is 10.3 Å². The van der Waals surface area contributed by atoms with Gasteiger partial charge >= 0.3 is 0 Å². The zero-order valence-electron chi connectivity index (χ0n) is 18.0. The van der Waals surface area contributed by atoms with Gasteiger partial charge in [0.1, 0.15) is 5.82 Å². The lowest BCUT2D eigenvalue weighted by molar-refractivity contribution is 0.544. The summed E-state index contributed by atoms with van der Waals surface area (Å²) in [5, 5.41) is 6.32. The molecule has 1 aromatic carbocycles. The van der Waals surface area contributed by atoms with Crippen LogP contribution in [0.1, 0.15) is 49.2 Å². The highest BCUT2D eigenvalue weighted by Crippen LogP contribution is 2.26. The second-order valence-electron chi connectivity index (χ2n) is 6.77. The number of halogens is 1. The van der Waals surface area contributed by atoms with Gasteiger partial charge in [-0.05, 0) is 23.7 Å². The Morgan fingerprint density at radius 2 is 2.04 bits per heavy atom. The van der Waals surface area contributed by atoms with Crippen molar-refractivity contribution >= 4 is 6.08 Å². The maximum absolute atomic E-state index is 13.8. The fourth-order valence-electron chi connectivity index (χ4n) is 2.65. The Morgan fingerprint density at radius 1 is 1.33 bits per heavy atom. The summed E-state index contributed by atoms with van der Waals surface area (Å²) in [5.74, 6) is -1.15. The Morgan fingerprint density at radius 3 is 2.67 bits per heavy atom. The van der Waals surface area contributed by atoms with Gasteiger partial charge in [0.05, 0.1) is 23.5 Å². The monoisotopic (exact) mass is 330 g/mol. The number of aromatic amines is 1. The van der Waals surface area contributed by atoms with E-state index >= 15 is 0 Å². The van der Waals surface area contributed by atoms with Crippen LogP contribution in [0.3, 0.4) is 0 Å². The number of H-pyrrole nitrogens is 1. The molecule has 0 bridgehead atoms. The van der Waals surface area contributed by atoms with Crippen LogP contribution in [0.15, 0.2) is 48.5 Å². The van der Waals surface area contributed by atoms with Gasteiger partial charge in [-0.2, -0.15) is 0 Å². The molecule has 126 valence electrons. The van der Waals surface area contributed by atoms with Crippen LogP contribution in [0.2, 0.25) is 0 Å². The first-order valence-electron chi connectivity index (χ1n) is 9.71. The molecular formula is C19H23FN4. The molecule has 1 saturated heterocycles. The first kappa shape index (κ1) is 12.0.